The molecule has 0 aliphatic carbocycles. The topological polar surface area (TPSA) is 84.6 Å². The zero-order valence-electron chi connectivity index (χ0n) is 12.9. The second kappa shape index (κ2) is 6.98. The number of ether oxygens (including phenoxy) is 1. The summed E-state index contributed by atoms with van der Waals surface area (Å²) in [6.07, 6.45) is 0. The van der Waals surface area contributed by atoms with E-state index < -0.39 is 0 Å². The minimum absolute atomic E-state index is 0.0133. The SMILES string of the molecule is Cc1noc(C)c1C(C)CNC(=O)COc1ccccc1O. The van der Waals surface area contributed by atoms with Gasteiger partial charge >= 0.3 is 0 Å². The number of carbonyl (C=O) groups is 1. The Hall–Kier alpha value is -2.50. The molecule has 1 aromatic carbocycles. The number of nitrogens with one attached hydrogen (secondary N) is 1. The highest BCUT2D eigenvalue weighted by molar-refractivity contribution is 5.77. The van der Waals surface area contributed by atoms with Gasteiger partial charge in [0.25, 0.3) is 5.91 Å². The number of phenolic OH excluding ortho intramolecular Hbond substituents is 1. The van der Waals surface area contributed by atoms with Crippen LogP contribution < -0.4 is 10.1 Å². The molecule has 2 N–H and O–H groups in total. The van der Waals surface area contributed by atoms with E-state index in [9.17, 15) is 9.90 Å². The lowest BCUT2D eigenvalue weighted by molar-refractivity contribution is -0.123. The van der Waals surface area contributed by atoms with Crippen molar-refractivity contribution in [1.82, 2.24) is 10.5 Å². The van der Waals surface area contributed by atoms with E-state index in [1.54, 1.807) is 18.2 Å². The molecule has 0 aliphatic heterocycles. The Kier molecular flexibility index (Phi) is 5.04. The van der Waals surface area contributed by atoms with Crippen molar-refractivity contribution in [2.75, 3.05) is 13.2 Å². The summed E-state index contributed by atoms with van der Waals surface area (Å²) in [4.78, 5) is 11.8. The highest BCUT2D eigenvalue weighted by Crippen LogP contribution is 2.24. The summed E-state index contributed by atoms with van der Waals surface area (Å²) < 4.78 is 10.4. The molecule has 1 aromatic heterocycles. The van der Waals surface area contributed by atoms with Gasteiger partial charge in [0.05, 0.1) is 5.69 Å². The first-order chi connectivity index (χ1) is 10.5. The molecule has 6 nitrogen and oxygen atoms in total. The van der Waals surface area contributed by atoms with Crippen molar-refractivity contribution in [1.29, 1.82) is 0 Å². The van der Waals surface area contributed by atoms with E-state index in [4.69, 9.17) is 9.26 Å². The average Bonchev–Trinajstić information content (AvgIpc) is 2.83. The van der Waals surface area contributed by atoms with Crippen LogP contribution in [0.5, 0.6) is 11.5 Å². The quantitative estimate of drug-likeness (QED) is 0.855. The van der Waals surface area contributed by atoms with Crippen molar-refractivity contribution in [3.63, 3.8) is 0 Å². The Morgan fingerprint density at radius 2 is 2.14 bits per heavy atom. The number of nitrogens with zero attached hydrogens (tertiary/aromatic N) is 1. The van der Waals surface area contributed by atoms with Gasteiger partial charge in [0, 0.05) is 18.0 Å². The van der Waals surface area contributed by atoms with Gasteiger partial charge in [-0.2, -0.15) is 0 Å². The molecule has 118 valence electrons. The molecule has 22 heavy (non-hydrogen) atoms. The monoisotopic (exact) mass is 304 g/mol. The molecule has 0 radical (unpaired) electrons. The Morgan fingerprint density at radius 3 is 2.77 bits per heavy atom. The molecule has 1 amide bonds. The molecular formula is C16H20N2O4. The molecule has 1 atom stereocenters. The van der Waals surface area contributed by atoms with Crippen LogP contribution in [0.1, 0.15) is 29.9 Å². The van der Waals surface area contributed by atoms with E-state index in [0.29, 0.717) is 6.54 Å². The zero-order chi connectivity index (χ0) is 16.1. The third kappa shape index (κ3) is 3.78. The fraction of sp³-hybridized carbons (Fsp3) is 0.375. The first-order valence-electron chi connectivity index (χ1n) is 7.09. The highest BCUT2D eigenvalue weighted by atomic mass is 16.5. The van der Waals surface area contributed by atoms with Gasteiger partial charge < -0.3 is 19.7 Å². The lowest BCUT2D eigenvalue weighted by atomic mass is 9.99. The lowest BCUT2D eigenvalue weighted by Gasteiger charge is -2.13. The van der Waals surface area contributed by atoms with Crippen molar-refractivity contribution >= 4 is 5.91 Å². The standard InChI is InChI=1S/C16H20N2O4/c1-10(16-11(2)18-22-12(16)3)8-17-15(20)9-21-14-7-5-4-6-13(14)19/h4-7,10,19H,8-9H2,1-3H3,(H,17,20). The molecule has 1 unspecified atom stereocenters. The maximum atomic E-state index is 11.8. The number of para-hydroxylation sites is 2. The molecular weight excluding hydrogens is 284 g/mol. The number of carbonyl (C=O) groups excluding carboxylic acids is 1. The van der Waals surface area contributed by atoms with Gasteiger partial charge in [-0.15, -0.1) is 0 Å². The third-order valence-corrected chi connectivity index (χ3v) is 3.41. The number of aryl methyl sites for hydroxylation is 2. The van der Waals surface area contributed by atoms with Gasteiger partial charge in [-0.3, -0.25) is 4.79 Å². The van der Waals surface area contributed by atoms with Gasteiger partial charge in [0.15, 0.2) is 18.1 Å². The number of hydrogen-bond acceptors (Lipinski definition) is 5. The predicted octanol–water partition coefficient (Wildman–Crippen LogP) is 2.30. The van der Waals surface area contributed by atoms with Gasteiger partial charge in [-0.1, -0.05) is 24.2 Å². The Morgan fingerprint density at radius 1 is 1.41 bits per heavy atom. The van der Waals surface area contributed by atoms with Gasteiger partial charge in [-0.25, -0.2) is 0 Å². The second-order valence-electron chi connectivity index (χ2n) is 5.20. The fourth-order valence-electron chi connectivity index (χ4n) is 2.34. The van der Waals surface area contributed by atoms with Crippen molar-refractivity contribution < 1.29 is 19.2 Å². The molecule has 0 saturated carbocycles. The number of amides is 1. The molecule has 2 aromatic rings. The number of hydrogen-bond donors (Lipinski definition) is 2. The summed E-state index contributed by atoms with van der Waals surface area (Å²) in [5, 5.41) is 16.3. The van der Waals surface area contributed by atoms with Crippen LogP contribution in [0.4, 0.5) is 0 Å². The first kappa shape index (κ1) is 15.9. The van der Waals surface area contributed by atoms with Crippen LogP contribution in [0.15, 0.2) is 28.8 Å². The summed E-state index contributed by atoms with van der Waals surface area (Å²) in [6, 6.07) is 6.53. The molecule has 0 saturated heterocycles. The van der Waals surface area contributed by atoms with Crippen LogP contribution in [0.2, 0.25) is 0 Å². The normalized spacial score (nSPS) is 12.0. The Balaban J connectivity index is 1.82. The molecule has 1 heterocycles. The fourth-order valence-corrected chi connectivity index (χ4v) is 2.34. The lowest BCUT2D eigenvalue weighted by Crippen LogP contribution is -2.32. The van der Waals surface area contributed by atoms with Crippen LogP contribution in [0.25, 0.3) is 0 Å². The summed E-state index contributed by atoms with van der Waals surface area (Å²) in [7, 11) is 0. The van der Waals surface area contributed by atoms with Crippen molar-refractivity contribution in [2.24, 2.45) is 0 Å². The maximum absolute atomic E-state index is 11.8. The zero-order valence-corrected chi connectivity index (χ0v) is 12.9. The number of benzene rings is 1. The molecule has 0 aliphatic rings. The van der Waals surface area contributed by atoms with E-state index in [0.717, 1.165) is 17.0 Å². The summed E-state index contributed by atoms with van der Waals surface area (Å²) in [5.74, 6) is 0.919. The van der Waals surface area contributed by atoms with E-state index in [1.807, 2.05) is 20.8 Å². The maximum Gasteiger partial charge on any atom is 0.257 e. The average molecular weight is 304 g/mol. The number of rotatable bonds is 6. The van der Waals surface area contributed by atoms with Crippen LogP contribution in [0, 0.1) is 13.8 Å². The summed E-state index contributed by atoms with van der Waals surface area (Å²) in [5.41, 5.74) is 1.85. The van der Waals surface area contributed by atoms with Gasteiger partial charge in [0.1, 0.15) is 5.76 Å². The van der Waals surface area contributed by atoms with Crippen LogP contribution in [0.3, 0.4) is 0 Å². The van der Waals surface area contributed by atoms with Gasteiger partial charge in [0.2, 0.25) is 0 Å². The van der Waals surface area contributed by atoms with E-state index >= 15 is 0 Å². The van der Waals surface area contributed by atoms with Crippen LogP contribution in [-0.4, -0.2) is 29.3 Å². The minimum atomic E-state index is -0.248. The smallest absolute Gasteiger partial charge is 0.257 e. The highest BCUT2D eigenvalue weighted by Gasteiger charge is 2.17. The molecule has 2 rings (SSSR count). The van der Waals surface area contributed by atoms with E-state index in [2.05, 4.69) is 10.5 Å². The molecule has 6 heteroatoms. The molecule has 0 spiro atoms. The van der Waals surface area contributed by atoms with E-state index in [-0.39, 0.29) is 29.9 Å². The van der Waals surface area contributed by atoms with E-state index in [1.165, 1.54) is 6.07 Å². The predicted molar refractivity (Wildman–Crippen MR) is 81.0 cm³/mol. The largest absolute Gasteiger partial charge is 0.504 e. The van der Waals surface area contributed by atoms with Crippen molar-refractivity contribution in [3.8, 4) is 11.5 Å². The first-order valence-corrected chi connectivity index (χ1v) is 7.09. The second-order valence-corrected chi connectivity index (χ2v) is 5.20. The van der Waals surface area contributed by atoms with Crippen LogP contribution in [-0.2, 0) is 4.79 Å². The Labute approximate surface area is 129 Å². The van der Waals surface area contributed by atoms with Crippen LogP contribution >= 0.6 is 0 Å². The number of aromatic nitrogens is 1. The van der Waals surface area contributed by atoms with Crippen molar-refractivity contribution in [2.45, 2.75) is 26.7 Å². The number of aromatic hydroxyl groups is 1. The summed E-state index contributed by atoms with van der Waals surface area (Å²) >= 11 is 0. The third-order valence-electron chi connectivity index (χ3n) is 3.41. The molecule has 0 fully saturated rings. The molecule has 0 bridgehead atoms. The Bertz CT molecular complexity index is 632. The van der Waals surface area contributed by atoms with Crippen molar-refractivity contribution in [3.05, 3.63) is 41.3 Å². The number of phenols is 1. The van der Waals surface area contributed by atoms with Gasteiger partial charge in [-0.05, 0) is 26.0 Å². The minimum Gasteiger partial charge on any atom is -0.504 e. The summed E-state index contributed by atoms with van der Waals surface area (Å²) in [6.45, 7) is 6.05.